The van der Waals surface area contributed by atoms with Gasteiger partial charge < -0.3 is 9.16 Å². The molecule has 0 rings (SSSR count). The van der Waals surface area contributed by atoms with Crippen molar-refractivity contribution in [3.05, 3.63) is 24.8 Å². The first-order valence-electron chi connectivity index (χ1n) is 9.12. The fraction of sp³-hybridized carbons (Fsp3) is 0.667. The van der Waals surface area contributed by atoms with Crippen molar-refractivity contribution in [1.82, 2.24) is 0 Å². The molecule has 0 aromatic rings. The van der Waals surface area contributed by atoms with Crippen LogP contribution in [0.15, 0.2) is 24.8 Å². The molecule has 0 aliphatic carbocycles. The third-order valence-electron chi connectivity index (χ3n) is 4.63. The molecule has 0 bridgehead atoms. The Morgan fingerprint density at radius 1 is 1.20 bits per heavy atom. The highest BCUT2D eigenvalue weighted by Crippen LogP contribution is 2.36. The molecule has 0 aromatic carbocycles. The van der Waals surface area contributed by atoms with Crippen LogP contribution in [0.2, 0.25) is 18.1 Å². The van der Waals surface area contributed by atoms with Gasteiger partial charge in [0.05, 0.1) is 6.61 Å². The van der Waals surface area contributed by atoms with E-state index in [1.54, 1.807) is 13.0 Å². The van der Waals surface area contributed by atoms with Gasteiger partial charge >= 0.3 is 5.97 Å². The van der Waals surface area contributed by atoms with E-state index in [1.807, 2.05) is 0 Å². The number of rotatable bonds is 10. The van der Waals surface area contributed by atoms with Crippen LogP contribution in [0.3, 0.4) is 0 Å². The van der Waals surface area contributed by atoms with Gasteiger partial charge in [-0.05, 0) is 44.3 Å². The number of carbonyl (C=O) groups excluding carboxylic acids is 1. The van der Waals surface area contributed by atoms with Crippen LogP contribution in [0, 0.1) is 11.8 Å². The van der Waals surface area contributed by atoms with E-state index in [-0.39, 0.29) is 17.1 Å². The summed E-state index contributed by atoms with van der Waals surface area (Å²) in [5.41, 5.74) is 0.530. The Kier molecular flexibility index (Phi) is 10.7. The number of ether oxygens (including phenoxy) is 1. The van der Waals surface area contributed by atoms with Crippen LogP contribution >= 0.6 is 0 Å². The van der Waals surface area contributed by atoms with Crippen LogP contribution in [0.5, 0.6) is 0 Å². The van der Waals surface area contributed by atoms with Gasteiger partial charge in [0.2, 0.25) is 0 Å². The summed E-state index contributed by atoms with van der Waals surface area (Å²) in [7, 11) is -1.69. The standard InChI is InChI=1S/C21H36O3Si/c1-9-19(3)24-20(22)18(2)16-14-12-10-11-13-15-17-23-25(7,8)21(4,5)6/h9,19H,1-2,10-12,14,16-17H2,3-8H3. The van der Waals surface area contributed by atoms with Gasteiger partial charge in [-0.25, -0.2) is 4.79 Å². The maximum Gasteiger partial charge on any atom is 0.333 e. The van der Waals surface area contributed by atoms with Crippen molar-refractivity contribution in [1.29, 1.82) is 0 Å². The zero-order valence-corrected chi connectivity index (χ0v) is 18.0. The fourth-order valence-corrected chi connectivity index (χ4v) is 2.57. The van der Waals surface area contributed by atoms with E-state index in [1.165, 1.54) is 0 Å². The molecule has 4 heteroatoms. The maximum absolute atomic E-state index is 11.7. The summed E-state index contributed by atoms with van der Waals surface area (Å²) in [4.78, 5) is 11.7. The van der Waals surface area contributed by atoms with Crippen LogP contribution in [0.4, 0.5) is 0 Å². The Morgan fingerprint density at radius 3 is 2.40 bits per heavy atom. The average molecular weight is 365 g/mol. The SMILES string of the molecule is C=CC(C)OC(=O)C(=C)CCCCCC#CCO[Si](C)(C)C(C)(C)C. The summed E-state index contributed by atoms with van der Waals surface area (Å²) in [6, 6.07) is 0. The van der Waals surface area contributed by atoms with E-state index in [4.69, 9.17) is 9.16 Å². The summed E-state index contributed by atoms with van der Waals surface area (Å²) < 4.78 is 11.2. The molecule has 0 radical (unpaired) electrons. The van der Waals surface area contributed by atoms with Gasteiger partial charge in [-0.3, -0.25) is 0 Å². The first kappa shape index (κ1) is 23.7. The van der Waals surface area contributed by atoms with Gasteiger partial charge in [-0.15, -0.1) is 5.92 Å². The van der Waals surface area contributed by atoms with Crippen molar-refractivity contribution in [3.63, 3.8) is 0 Å². The van der Waals surface area contributed by atoms with Gasteiger partial charge in [-0.2, -0.15) is 0 Å². The average Bonchev–Trinajstić information content (AvgIpc) is 2.51. The predicted molar refractivity (Wildman–Crippen MR) is 109 cm³/mol. The van der Waals surface area contributed by atoms with E-state index in [0.29, 0.717) is 18.6 Å². The van der Waals surface area contributed by atoms with Crippen LogP contribution in [0.25, 0.3) is 0 Å². The third kappa shape index (κ3) is 10.3. The third-order valence-corrected chi connectivity index (χ3v) is 9.11. The second kappa shape index (κ2) is 11.3. The molecule has 25 heavy (non-hydrogen) atoms. The Morgan fingerprint density at radius 2 is 1.84 bits per heavy atom. The molecule has 0 saturated heterocycles. The lowest BCUT2D eigenvalue weighted by Crippen LogP contribution is -2.40. The predicted octanol–water partition coefficient (Wildman–Crippen LogP) is 5.64. The summed E-state index contributed by atoms with van der Waals surface area (Å²) >= 11 is 0. The lowest BCUT2D eigenvalue weighted by molar-refractivity contribution is -0.141. The van der Waals surface area contributed by atoms with Crippen molar-refractivity contribution in [2.45, 2.75) is 84.0 Å². The van der Waals surface area contributed by atoms with E-state index in [9.17, 15) is 4.79 Å². The molecular weight excluding hydrogens is 328 g/mol. The molecule has 0 aliphatic rings. The molecule has 0 aromatic heterocycles. The van der Waals surface area contributed by atoms with Crippen molar-refractivity contribution in [2.24, 2.45) is 0 Å². The number of carbonyl (C=O) groups is 1. The van der Waals surface area contributed by atoms with Gasteiger partial charge in [0.25, 0.3) is 0 Å². The number of hydrogen-bond acceptors (Lipinski definition) is 3. The minimum atomic E-state index is -1.69. The highest BCUT2D eigenvalue weighted by Gasteiger charge is 2.36. The van der Waals surface area contributed by atoms with Crippen molar-refractivity contribution in [2.75, 3.05) is 6.61 Å². The van der Waals surface area contributed by atoms with Gasteiger partial charge in [0.1, 0.15) is 6.10 Å². The van der Waals surface area contributed by atoms with Crippen LogP contribution in [-0.2, 0) is 14.0 Å². The normalized spacial score (nSPS) is 12.7. The van der Waals surface area contributed by atoms with E-state index in [2.05, 4.69) is 58.9 Å². The lowest BCUT2D eigenvalue weighted by Gasteiger charge is -2.35. The lowest BCUT2D eigenvalue weighted by atomic mass is 10.1. The zero-order chi connectivity index (χ0) is 19.5. The number of hydrogen-bond donors (Lipinski definition) is 0. The highest BCUT2D eigenvalue weighted by atomic mass is 28.4. The van der Waals surface area contributed by atoms with Crippen molar-refractivity contribution >= 4 is 14.3 Å². The Bertz CT molecular complexity index is 503. The topological polar surface area (TPSA) is 35.5 Å². The van der Waals surface area contributed by atoms with Crippen LogP contribution < -0.4 is 0 Å². The molecule has 0 spiro atoms. The largest absolute Gasteiger partial charge is 0.455 e. The van der Waals surface area contributed by atoms with Gasteiger partial charge in [0, 0.05) is 12.0 Å². The molecular formula is C21H36O3Si. The molecule has 0 heterocycles. The molecule has 0 saturated carbocycles. The minimum absolute atomic E-state index is 0.224. The van der Waals surface area contributed by atoms with E-state index in [0.717, 1.165) is 25.7 Å². The smallest absolute Gasteiger partial charge is 0.333 e. The van der Waals surface area contributed by atoms with Crippen molar-refractivity contribution in [3.8, 4) is 11.8 Å². The Balaban J connectivity index is 3.83. The molecule has 0 fully saturated rings. The van der Waals surface area contributed by atoms with Gasteiger partial charge in [-0.1, -0.05) is 52.3 Å². The Hall–Kier alpha value is -1.31. The zero-order valence-electron chi connectivity index (χ0n) is 17.0. The fourth-order valence-electron chi connectivity index (χ4n) is 1.70. The number of unbranched alkanes of at least 4 members (excludes halogenated alkanes) is 3. The first-order chi connectivity index (χ1) is 11.5. The Labute approximate surface area is 156 Å². The summed E-state index contributed by atoms with van der Waals surface area (Å²) in [6.45, 7) is 20.9. The molecule has 1 unspecified atom stereocenters. The molecule has 0 aliphatic heterocycles. The maximum atomic E-state index is 11.7. The van der Waals surface area contributed by atoms with E-state index < -0.39 is 8.32 Å². The summed E-state index contributed by atoms with van der Waals surface area (Å²) in [5.74, 6) is 5.97. The first-order valence-corrected chi connectivity index (χ1v) is 12.0. The summed E-state index contributed by atoms with van der Waals surface area (Å²) in [6.07, 6.45) is 5.85. The molecule has 3 nitrogen and oxygen atoms in total. The molecule has 142 valence electrons. The summed E-state index contributed by atoms with van der Waals surface area (Å²) in [5, 5.41) is 0.224. The monoisotopic (exact) mass is 364 g/mol. The molecule has 1 atom stereocenters. The van der Waals surface area contributed by atoms with E-state index >= 15 is 0 Å². The second-order valence-electron chi connectivity index (χ2n) is 7.91. The van der Waals surface area contributed by atoms with Crippen molar-refractivity contribution < 1.29 is 14.0 Å². The van der Waals surface area contributed by atoms with Crippen LogP contribution in [0.1, 0.15) is 59.8 Å². The highest BCUT2D eigenvalue weighted by molar-refractivity contribution is 6.74. The second-order valence-corrected chi connectivity index (χ2v) is 12.7. The minimum Gasteiger partial charge on any atom is -0.455 e. The molecule has 0 amide bonds. The van der Waals surface area contributed by atoms with Gasteiger partial charge in [0.15, 0.2) is 8.32 Å². The number of esters is 1. The quantitative estimate of drug-likeness (QED) is 0.126. The van der Waals surface area contributed by atoms with Crippen LogP contribution in [-0.4, -0.2) is 27.0 Å². The molecule has 0 N–H and O–H groups in total.